The molecule has 0 unspecified atom stereocenters. The number of ether oxygens (including phenoxy) is 1. The van der Waals surface area contributed by atoms with Gasteiger partial charge in [0.15, 0.2) is 0 Å². The summed E-state index contributed by atoms with van der Waals surface area (Å²) < 4.78 is 5.35. The first-order valence-corrected chi connectivity index (χ1v) is 4.67. The van der Waals surface area contributed by atoms with E-state index in [4.69, 9.17) is 4.74 Å². The molecule has 1 aliphatic heterocycles. The van der Waals surface area contributed by atoms with Crippen molar-refractivity contribution in [1.29, 1.82) is 0 Å². The summed E-state index contributed by atoms with van der Waals surface area (Å²) in [4.78, 5) is 0. The van der Waals surface area contributed by atoms with Gasteiger partial charge in [-0.1, -0.05) is 24.3 Å². The van der Waals surface area contributed by atoms with Gasteiger partial charge in [-0.3, -0.25) is 0 Å². The predicted octanol–water partition coefficient (Wildman–Crippen LogP) is 2.47. The second-order valence-electron chi connectivity index (χ2n) is 3.30. The van der Waals surface area contributed by atoms with Crippen LogP contribution in [0.4, 0.5) is 0 Å². The van der Waals surface area contributed by atoms with Gasteiger partial charge in [-0.25, -0.2) is 0 Å². The third kappa shape index (κ3) is 1.96. The van der Waals surface area contributed by atoms with E-state index in [9.17, 15) is 0 Å². The summed E-state index contributed by atoms with van der Waals surface area (Å²) in [6.45, 7) is 2.11. The van der Waals surface area contributed by atoms with Crippen molar-refractivity contribution < 1.29 is 4.74 Å². The normalized spacial score (nSPS) is 14.2. The Morgan fingerprint density at radius 2 is 2.14 bits per heavy atom. The van der Waals surface area contributed by atoms with Crippen molar-refractivity contribution in [3.05, 3.63) is 59.8 Å². The van der Waals surface area contributed by atoms with Crippen molar-refractivity contribution >= 4 is 0 Å². The van der Waals surface area contributed by atoms with E-state index in [0.717, 1.165) is 12.2 Å². The van der Waals surface area contributed by atoms with E-state index < -0.39 is 0 Å². The highest BCUT2D eigenvalue weighted by molar-refractivity contribution is 5.29. The summed E-state index contributed by atoms with van der Waals surface area (Å²) in [6.07, 6.45) is 6.14. The molecule has 72 valence electrons. The number of nitrogens with one attached hydrogen (secondary N) is 1. The van der Waals surface area contributed by atoms with Crippen LogP contribution in [-0.4, -0.2) is 0 Å². The van der Waals surface area contributed by atoms with Crippen LogP contribution in [0.3, 0.4) is 0 Å². The standard InChI is InChI=1S/C12H13NO/c1-10-4-2-3-5-11(10)8-12-9-13-6-7-14-12/h2-7,9,13H,8H2,1H3. The Bertz CT molecular complexity index is 380. The van der Waals surface area contributed by atoms with E-state index in [-0.39, 0.29) is 0 Å². The fourth-order valence-electron chi connectivity index (χ4n) is 1.42. The monoisotopic (exact) mass is 187 g/mol. The molecule has 1 aliphatic rings. The van der Waals surface area contributed by atoms with Gasteiger partial charge in [-0.05, 0) is 18.1 Å². The van der Waals surface area contributed by atoms with Crippen molar-refractivity contribution in [3.8, 4) is 0 Å². The molecule has 2 rings (SSSR count). The minimum atomic E-state index is 0.837. The minimum Gasteiger partial charge on any atom is -0.466 e. The minimum absolute atomic E-state index is 0.837. The van der Waals surface area contributed by atoms with E-state index in [2.05, 4.69) is 30.4 Å². The molecule has 0 bridgehead atoms. The number of allylic oxidation sites excluding steroid dienone is 1. The molecule has 0 saturated heterocycles. The largest absolute Gasteiger partial charge is 0.466 e. The molecule has 0 spiro atoms. The molecular weight excluding hydrogens is 174 g/mol. The molecule has 14 heavy (non-hydrogen) atoms. The number of aryl methyl sites for hydroxylation is 1. The van der Waals surface area contributed by atoms with Crippen molar-refractivity contribution in [3.63, 3.8) is 0 Å². The SMILES string of the molecule is Cc1ccccc1CC1=CNC=CO1. The maximum Gasteiger partial charge on any atom is 0.124 e. The van der Waals surface area contributed by atoms with Crippen LogP contribution < -0.4 is 5.32 Å². The fraction of sp³-hybridized carbons (Fsp3) is 0.167. The van der Waals surface area contributed by atoms with Crippen LogP contribution in [-0.2, 0) is 11.2 Å². The van der Waals surface area contributed by atoms with E-state index in [1.807, 2.05) is 12.3 Å². The zero-order chi connectivity index (χ0) is 9.80. The quantitative estimate of drug-likeness (QED) is 0.768. The lowest BCUT2D eigenvalue weighted by molar-refractivity contribution is 0.328. The first kappa shape index (κ1) is 8.88. The zero-order valence-corrected chi connectivity index (χ0v) is 8.16. The van der Waals surface area contributed by atoms with Crippen LogP contribution in [0.15, 0.2) is 48.7 Å². The average Bonchev–Trinajstić information content (AvgIpc) is 2.23. The molecule has 0 amide bonds. The van der Waals surface area contributed by atoms with Gasteiger partial charge < -0.3 is 10.1 Å². The molecule has 1 aromatic carbocycles. The summed E-state index contributed by atoms with van der Waals surface area (Å²) in [5.74, 6) is 0.946. The average molecular weight is 187 g/mol. The summed E-state index contributed by atoms with van der Waals surface area (Å²) in [5, 5.41) is 3.01. The molecule has 0 atom stereocenters. The Labute approximate surface area is 83.9 Å². The fourth-order valence-corrected chi connectivity index (χ4v) is 1.42. The molecular formula is C12H13NO. The first-order chi connectivity index (χ1) is 6.86. The van der Waals surface area contributed by atoms with Crippen molar-refractivity contribution in [2.24, 2.45) is 0 Å². The van der Waals surface area contributed by atoms with Crippen LogP contribution in [0.2, 0.25) is 0 Å². The van der Waals surface area contributed by atoms with Crippen LogP contribution in [0, 0.1) is 6.92 Å². The van der Waals surface area contributed by atoms with Gasteiger partial charge in [0.2, 0.25) is 0 Å². The summed E-state index contributed by atoms with van der Waals surface area (Å²) in [5.41, 5.74) is 2.60. The molecule has 2 heteroatoms. The summed E-state index contributed by atoms with van der Waals surface area (Å²) >= 11 is 0. The number of rotatable bonds is 2. The Kier molecular flexibility index (Phi) is 2.54. The van der Waals surface area contributed by atoms with E-state index >= 15 is 0 Å². The Morgan fingerprint density at radius 3 is 2.86 bits per heavy atom. The van der Waals surface area contributed by atoms with Gasteiger partial charge in [-0.2, -0.15) is 0 Å². The Hall–Kier alpha value is -1.70. The van der Waals surface area contributed by atoms with Crippen LogP contribution in [0.25, 0.3) is 0 Å². The van der Waals surface area contributed by atoms with Gasteiger partial charge >= 0.3 is 0 Å². The van der Waals surface area contributed by atoms with Gasteiger partial charge in [0.05, 0.1) is 0 Å². The molecule has 0 saturated carbocycles. The van der Waals surface area contributed by atoms with Gasteiger partial charge in [0, 0.05) is 18.8 Å². The lowest BCUT2D eigenvalue weighted by Crippen LogP contribution is -2.05. The van der Waals surface area contributed by atoms with Crippen LogP contribution >= 0.6 is 0 Å². The molecule has 1 N–H and O–H groups in total. The summed E-state index contributed by atoms with van der Waals surface area (Å²) in [7, 11) is 0. The Morgan fingerprint density at radius 1 is 1.29 bits per heavy atom. The molecule has 2 nitrogen and oxygen atoms in total. The van der Waals surface area contributed by atoms with Gasteiger partial charge in [0.1, 0.15) is 12.0 Å². The topological polar surface area (TPSA) is 21.3 Å². The maximum atomic E-state index is 5.35. The smallest absolute Gasteiger partial charge is 0.124 e. The van der Waals surface area contributed by atoms with Crippen molar-refractivity contribution in [2.45, 2.75) is 13.3 Å². The lowest BCUT2D eigenvalue weighted by Gasteiger charge is -2.11. The molecule has 0 radical (unpaired) electrons. The number of benzene rings is 1. The molecule has 1 heterocycles. The van der Waals surface area contributed by atoms with E-state index in [1.54, 1.807) is 12.5 Å². The van der Waals surface area contributed by atoms with E-state index in [1.165, 1.54) is 11.1 Å². The van der Waals surface area contributed by atoms with E-state index in [0.29, 0.717) is 0 Å². The van der Waals surface area contributed by atoms with Crippen LogP contribution in [0.5, 0.6) is 0 Å². The molecule has 0 aromatic heterocycles. The summed E-state index contributed by atoms with van der Waals surface area (Å²) in [6, 6.07) is 8.34. The second-order valence-corrected chi connectivity index (χ2v) is 3.30. The first-order valence-electron chi connectivity index (χ1n) is 4.67. The van der Waals surface area contributed by atoms with Crippen molar-refractivity contribution in [2.75, 3.05) is 0 Å². The molecule has 1 aromatic rings. The Balaban J connectivity index is 2.11. The van der Waals surface area contributed by atoms with Crippen LogP contribution in [0.1, 0.15) is 11.1 Å². The molecule has 0 aliphatic carbocycles. The van der Waals surface area contributed by atoms with Gasteiger partial charge in [-0.15, -0.1) is 0 Å². The predicted molar refractivity (Wildman–Crippen MR) is 56.3 cm³/mol. The second kappa shape index (κ2) is 4.01. The number of hydrogen-bond acceptors (Lipinski definition) is 2. The zero-order valence-electron chi connectivity index (χ0n) is 8.16. The van der Waals surface area contributed by atoms with Gasteiger partial charge in [0.25, 0.3) is 0 Å². The third-order valence-corrected chi connectivity index (χ3v) is 2.25. The highest BCUT2D eigenvalue weighted by Crippen LogP contribution is 2.14. The lowest BCUT2D eigenvalue weighted by atomic mass is 10.1. The highest BCUT2D eigenvalue weighted by atomic mass is 16.5. The maximum absolute atomic E-state index is 5.35. The van der Waals surface area contributed by atoms with Crippen molar-refractivity contribution in [1.82, 2.24) is 5.32 Å². The highest BCUT2D eigenvalue weighted by Gasteiger charge is 2.03. The number of hydrogen-bond donors (Lipinski definition) is 1. The third-order valence-electron chi connectivity index (χ3n) is 2.25. The molecule has 0 fully saturated rings.